The highest BCUT2D eigenvalue weighted by Crippen LogP contribution is 2.31. The van der Waals surface area contributed by atoms with Crippen molar-refractivity contribution in [1.29, 1.82) is 0 Å². The number of nitrogens with zero attached hydrogens (tertiary/aromatic N) is 2. The Hall–Kier alpha value is -2.53. The van der Waals surface area contributed by atoms with E-state index >= 15 is 0 Å². The molecule has 0 aliphatic rings. The second kappa shape index (κ2) is 5.93. The highest BCUT2D eigenvalue weighted by Gasteiger charge is 2.13. The lowest BCUT2D eigenvalue weighted by atomic mass is 9.99. The summed E-state index contributed by atoms with van der Waals surface area (Å²) < 4.78 is 23.6. The van der Waals surface area contributed by atoms with Crippen LogP contribution in [0.15, 0.2) is 66.0 Å². The molecule has 3 aromatic rings. The van der Waals surface area contributed by atoms with Crippen LogP contribution in [-0.2, 0) is 9.84 Å². The number of hydrogen-bond acceptors (Lipinski definition) is 4. The summed E-state index contributed by atoms with van der Waals surface area (Å²) in [6, 6.07) is 12.7. The molecule has 0 fully saturated rings. The third-order valence-corrected chi connectivity index (χ3v) is 4.64. The van der Waals surface area contributed by atoms with Gasteiger partial charge < -0.3 is 0 Å². The van der Waals surface area contributed by atoms with Gasteiger partial charge in [0.05, 0.1) is 10.6 Å². The predicted octanol–water partition coefficient (Wildman–Crippen LogP) is 3.52. The Kier molecular flexibility index (Phi) is 3.96. The normalized spacial score (nSPS) is 11.4. The maximum atomic E-state index is 11.8. The first-order valence-electron chi connectivity index (χ1n) is 7.13. The van der Waals surface area contributed by atoms with Crippen LogP contribution in [0.25, 0.3) is 22.4 Å². The molecular weight excluding hydrogens is 308 g/mol. The molecular formula is C18H16N2O2S. The van der Waals surface area contributed by atoms with Crippen molar-refractivity contribution in [3.8, 4) is 22.4 Å². The number of hydrogen-bond donors (Lipinski definition) is 0. The van der Waals surface area contributed by atoms with E-state index in [4.69, 9.17) is 0 Å². The van der Waals surface area contributed by atoms with Gasteiger partial charge in [0.2, 0.25) is 0 Å². The van der Waals surface area contributed by atoms with Crippen molar-refractivity contribution in [2.75, 3.05) is 6.26 Å². The monoisotopic (exact) mass is 324 g/mol. The van der Waals surface area contributed by atoms with Crippen molar-refractivity contribution >= 4 is 9.84 Å². The first-order valence-corrected chi connectivity index (χ1v) is 9.02. The van der Waals surface area contributed by atoms with E-state index in [1.807, 2.05) is 31.2 Å². The molecule has 4 nitrogen and oxygen atoms in total. The fourth-order valence-corrected chi connectivity index (χ4v) is 3.08. The van der Waals surface area contributed by atoms with E-state index < -0.39 is 9.84 Å². The van der Waals surface area contributed by atoms with Gasteiger partial charge in [0.25, 0.3) is 0 Å². The molecule has 2 heterocycles. The van der Waals surface area contributed by atoms with Crippen LogP contribution < -0.4 is 0 Å². The molecule has 0 saturated heterocycles. The van der Waals surface area contributed by atoms with Gasteiger partial charge in [0, 0.05) is 36.0 Å². The smallest absolute Gasteiger partial charge is 0.175 e. The van der Waals surface area contributed by atoms with Gasteiger partial charge in [0.1, 0.15) is 0 Å². The van der Waals surface area contributed by atoms with Gasteiger partial charge in [-0.15, -0.1) is 0 Å². The number of benzene rings is 1. The summed E-state index contributed by atoms with van der Waals surface area (Å²) in [6.07, 6.45) is 6.47. The van der Waals surface area contributed by atoms with Crippen molar-refractivity contribution in [2.45, 2.75) is 11.8 Å². The first kappa shape index (κ1) is 15.4. The Labute approximate surface area is 135 Å². The molecule has 1 aromatic carbocycles. The molecule has 0 unspecified atom stereocenters. The number of aryl methyl sites for hydroxylation is 1. The van der Waals surface area contributed by atoms with Crippen LogP contribution in [0, 0.1) is 6.92 Å². The predicted molar refractivity (Wildman–Crippen MR) is 90.8 cm³/mol. The SMILES string of the molecule is Cc1cnc(-c2cccnc2)c(-c2cccc(S(C)(=O)=O)c2)c1. The minimum Gasteiger partial charge on any atom is -0.264 e. The molecule has 0 radical (unpaired) electrons. The number of rotatable bonds is 3. The summed E-state index contributed by atoms with van der Waals surface area (Å²) in [5.74, 6) is 0. The maximum Gasteiger partial charge on any atom is 0.175 e. The van der Waals surface area contributed by atoms with E-state index in [0.29, 0.717) is 4.90 Å². The standard InChI is InChI=1S/C18H16N2O2S/c1-13-9-17(14-5-3-7-16(10-14)23(2,21)22)18(20-11-13)15-6-4-8-19-12-15/h3-12H,1-2H3. The van der Waals surface area contributed by atoms with Crippen molar-refractivity contribution in [3.05, 3.63) is 66.6 Å². The zero-order valence-electron chi connectivity index (χ0n) is 12.9. The molecule has 23 heavy (non-hydrogen) atoms. The van der Waals surface area contributed by atoms with Crippen LogP contribution in [0.2, 0.25) is 0 Å². The summed E-state index contributed by atoms with van der Waals surface area (Å²) in [5, 5.41) is 0. The highest BCUT2D eigenvalue weighted by molar-refractivity contribution is 7.90. The summed E-state index contributed by atoms with van der Waals surface area (Å²) in [6.45, 7) is 1.96. The van der Waals surface area contributed by atoms with Crippen LogP contribution in [0.5, 0.6) is 0 Å². The number of pyridine rings is 2. The summed E-state index contributed by atoms with van der Waals surface area (Å²) >= 11 is 0. The highest BCUT2D eigenvalue weighted by atomic mass is 32.2. The lowest BCUT2D eigenvalue weighted by Gasteiger charge is -2.11. The molecule has 2 aromatic heterocycles. The summed E-state index contributed by atoms with van der Waals surface area (Å²) in [5.41, 5.74) is 4.41. The third-order valence-electron chi connectivity index (χ3n) is 3.53. The average Bonchev–Trinajstić information content (AvgIpc) is 2.55. The molecule has 0 atom stereocenters. The fourth-order valence-electron chi connectivity index (χ4n) is 2.42. The average molecular weight is 324 g/mol. The van der Waals surface area contributed by atoms with Gasteiger partial charge in [-0.3, -0.25) is 9.97 Å². The van der Waals surface area contributed by atoms with Gasteiger partial charge in [-0.05, 0) is 48.4 Å². The van der Waals surface area contributed by atoms with E-state index in [-0.39, 0.29) is 0 Å². The second-order valence-electron chi connectivity index (χ2n) is 5.45. The van der Waals surface area contributed by atoms with Gasteiger partial charge in [-0.1, -0.05) is 12.1 Å². The Balaban J connectivity index is 2.23. The Bertz CT molecular complexity index is 952. The van der Waals surface area contributed by atoms with Crippen LogP contribution in [0.4, 0.5) is 0 Å². The zero-order chi connectivity index (χ0) is 16.4. The van der Waals surface area contributed by atoms with Gasteiger partial charge in [-0.2, -0.15) is 0 Å². The molecule has 0 saturated carbocycles. The Morgan fingerprint density at radius 1 is 0.957 bits per heavy atom. The van der Waals surface area contributed by atoms with E-state index in [1.165, 1.54) is 6.26 Å². The molecule has 0 amide bonds. The largest absolute Gasteiger partial charge is 0.264 e. The molecule has 0 aliphatic carbocycles. The van der Waals surface area contributed by atoms with Crippen molar-refractivity contribution in [1.82, 2.24) is 9.97 Å². The van der Waals surface area contributed by atoms with Crippen LogP contribution in [-0.4, -0.2) is 24.6 Å². The van der Waals surface area contributed by atoms with E-state index in [2.05, 4.69) is 9.97 Å². The summed E-state index contributed by atoms with van der Waals surface area (Å²) in [4.78, 5) is 8.97. The molecule has 3 rings (SSSR count). The first-order chi connectivity index (χ1) is 10.9. The molecule has 0 aliphatic heterocycles. The Morgan fingerprint density at radius 2 is 1.74 bits per heavy atom. The Morgan fingerprint density at radius 3 is 2.43 bits per heavy atom. The zero-order valence-corrected chi connectivity index (χ0v) is 13.7. The molecule has 0 N–H and O–H groups in total. The van der Waals surface area contributed by atoms with Crippen molar-refractivity contribution < 1.29 is 8.42 Å². The minimum atomic E-state index is -3.25. The topological polar surface area (TPSA) is 59.9 Å². The fraction of sp³-hybridized carbons (Fsp3) is 0.111. The van der Waals surface area contributed by atoms with Crippen LogP contribution in [0.3, 0.4) is 0 Å². The summed E-state index contributed by atoms with van der Waals surface area (Å²) in [7, 11) is -3.25. The van der Waals surface area contributed by atoms with Crippen molar-refractivity contribution in [3.63, 3.8) is 0 Å². The van der Waals surface area contributed by atoms with E-state index in [1.54, 1.807) is 36.8 Å². The lowest BCUT2D eigenvalue weighted by Crippen LogP contribution is -1.98. The molecule has 5 heteroatoms. The van der Waals surface area contributed by atoms with Crippen LogP contribution >= 0.6 is 0 Å². The number of sulfone groups is 1. The number of aromatic nitrogens is 2. The molecule has 116 valence electrons. The minimum absolute atomic E-state index is 0.300. The van der Waals surface area contributed by atoms with Crippen LogP contribution in [0.1, 0.15) is 5.56 Å². The molecule has 0 spiro atoms. The van der Waals surface area contributed by atoms with Gasteiger partial charge in [0.15, 0.2) is 9.84 Å². The van der Waals surface area contributed by atoms with E-state index in [9.17, 15) is 8.42 Å². The molecule has 0 bridgehead atoms. The second-order valence-corrected chi connectivity index (χ2v) is 7.47. The van der Waals surface area contributed by atoms with E-state index in [0.717, 1.165) is 27.9 Å². The van der Waals surface area contributed by atoms with Gasteiger partial charge >= 0.3 is 0 Å². The lowest BCUT2D eigenvalue weighted by molar-refractivity contribution is 0.602. The van der Waals surface area contributed by atoms with Gasteiger partial charge in [-0.25, -0.2) is 8.42 Å². The maximum absolute atomic E-state index is 11.8. The quantitative estimate of drug-likeness (QED) is 0.739. The third kappa shape index (κ3) is 3.29. The van der Waals surface area contributed by atoms with Crippen molar-refractivity contribution in [2.24, 2.45) is 0 Å².